The molecule has 0 atom stereocenters. The Labute approximate surface area is 129 Å². The van der Waals surface area contributed by atoms with Gasteiger partial charge < -0.3 is 10.1 Å². The molecule has 1 aliphatic carbocycles. The molecule has 1 aromatic carbocycles. The Hall–Kier alpha value is -0.0900. The Morgan fingerprint density at radius 3 is 2.79 bits per heavy atom. The molecule has 0 amide bonds. The molecule has 1 saturated carbocycles. The molecule has 2 nitrogen and oxygen atoms in total. The molecule has 106 valence electrons. The summed E-state index contributed by atoms with van der Waals surface area (Å²) in [6.45, 7) is 2.56. The zero-order valence-electron chi connectivity index (χ0n) is 11.1. The molecule has 0 aromatic heterocycles. The zero-order valence-corrected chi connectivity index (χ0v) is 13.5. The lowest BCUT2D eigenvalue weighted by Crippen LogP contribution is -2.24. The number of rotatable bonds is 6. The topological polar surface area (TPSA) is 21.3 Å². The average molecular weight is 347 g/mol. The summed E-state index contributed by atoms with van der Waals surface area (Å²) in [5.41, 5.74) is 1.23. The van der Waals surface area contributed by atoms with Gasteiger partial charge in [-0.3, -0.25) is 0 Å². The Bertz CT molecular complexity index is 394. The van der Waals surface area contributed by atoms with E-state index < -0.39 is 0 Å². The van der Waals surface area contributed by atoms with Crippen molar-refractivity contribution in [3.63, 3.8) is 0 Å². The average Bonchev–Trinajstić information content (AvgIpc) is 2.43. The lowest BCUT2D eigenvalue weighted by molar-refractivity contribution is 0.0302. The van der Waals surface area contributed by atoms with E-state index in [9.17, 15) is 0 Å². The molecule has 0 bridgehead atoms. The van der Waals surface area contributed by atoms with E-state index >= 15 is 0 Å². The summed E-state index contributed by atoms with van der Waals surface area (Å²) in [4.78, 5) is 0. The van der Waals surface area contributed by atoms with E-state index in [1.807, 2.05) is 12.1 Å². The summed E-state index contributed by atoms with van der Waals surface area (Å²) in [7, 11) is 0. The Kier molecular flexibility index (Phi) is 6.65. The molecule has 0 spiro atoms. The van der Waals surface area contributed by atoms with Crippen molar-refractivity contribution in [2.24, 2.45) is 0 Å². The molecule has 2 rings (SSSR count). The molecular weight excluding hydrogens is 326 g/mol. The summed E-state index contributed by atoms with van der Waals surface area (Å²) in [6, 6.07) is 6.01. The van der Waals surface area contributed by atoms with Crippen molar-refractivity contribution in [2.45, 2.75) is 44.8 Å². The highest BCUT2D eigenvalue weighted by Crippen LogP contribution is 2.23. The van der Waals surface area contributed by atoms with Crippen molar-refractivity contribution in [3.05, 3.63) is 33.3 Å². The molecule has 1 aliphatic rings. The molecule has 1 fully saturated rings. The van der Waals surface area contributed by atoms with E-state index in [1.165, 1.54) is 37.7 Å². The second kappa shape index (κ2) is 8.25. The smallest absolute Gasteiger partial charge is 0.0594 e. The van der Waals surface area contributed by atoms with Gasteiger partial charge in [0.05, 0.1) is 17.7 Å². The summed E-state index contributed by atoms with van der Waals surface area (Å²) in [5, 5.41) is 4.15. The van der Waals surface area contributed by atoms with Crippen LogP contribution in [0.25, 0.3) is 0 Å². The maximum atomic E-state index is 5.96. The van der Waals surface area contributed by atoms with Gasteiger partial charge in [0.25, 0.3) is 0 Å². The van der Waals surface area contributed by atoms with Crippen LogP contribution in [0.3, 0.4) is 0 Å². The fourth-order valence-electron chi connectivity index (χ4n) is 2.41. The number of halogens is 2. The van der Waals surface area contributed by atoms with Gasteiger partial charge in [-0.05, 0) is 46.5 Å². The van der Waals surface area contributed by atoms with E-state index in [1.54, 1.807) is 0 Å². The van der Waals surface area contributed by atoms with Gasteiger partial charge in [0, 0.05) is 17.6 Å². The van der Waals surface area contributed by atoms with Crippen LogP contribution in [0.2, 0.25) is 5.02 Å². The fraction of sp³-hybridized carbons (Fsp3) is 0.600. The molecule has 1 aromatic rings. The summed E-state index contributed by atoms with van der Waals surface area (Å²) >= 11 is 9.40. The highest BCUT2D eigenvalue weighted by molar-refractivity contribution is 9.10. The standard InChI is InChI=1S/C15H21BrClNO/c16-14-10-12(6-7-15(14)17)11-18-8-9-19-13-4-2-1-3-5-13/h6-7,10,13,18H,1-5,8-9,11H2. The normalized spacial score (nSPS) is 16.7. The van der Waals surface area contributed by atoms with Crippen molar-refractivity contribution < 1.29 is 4.74 Å². The van der Waals surface area contributed by atoms with E-state index in [-0.39, 0.29) is 0 Å². The molecule has 0 aliphatic heterocycles. The lowest BCUT2D eigenvalue weighted by Gasteiger charge is -2.22. The van der Waals surface area contributed by atoms with Gasteiger partial charge in [0.15, 0.2) is 0 Å². The van der Waals surface area contributed by atoms with Crippen molar-refractivity contribution in [3.8, 4) is 0 Å². The van der Waals surface area contributed by atoms with Gasteiger partial charge in [-0.15, -0.1) is 0 Å². The molecule has 4 heteroatoms. The predicted molar refractivity (Wildman–Crippen MR) is 83.7 cm³/mol. The van der Waals surface area contributed by atoms with Gasteiger partial charge in [-0.2, -0.15) is 0 Å². The van der Waals surface area contributed by atoms with Crippen LogP contribution < -0.4 is 5.32 Å². The van der Waals surface area contributed by atoms with E-state index in [2.05, 4.69) is 27.3 Å². The van der Waals surface area contributed by atoms with Crippen LogP contribution in [0.1, 0.15) is 37.7 Å². The zero-order chi connectivity index (χ0) is 13.5. The van der Waals surface area contributed by atoms with Crippen LogP contribution in [0, 0.1) is 0 Å². The quantitative estimate of drug-likeness (QED) is 0.763. The Morgan fingerprint density at radius 2 is 2.05 bits per heavy atom. The third kappa shape index (κ3) is 5.42. The van der Waals surface area contributed by atoms with Gasteiger partial charge >= 0.3 is 0 Å². The number of hydrogen-bond acceptors (Lipinski definition) is 2. The predicted octanol–water partition coefficient (Wildman–Crippen LogP) is 4.54. The van der Waals surface area contributed by atoms with E-state index in [0.29, 0.717) is 6.10 Å². The highest BCUT2D eigenvalue weighted by atomic mass is 79.9. The molecule has 0 radical (unpaired) electrons. The molecule has 0 unspecified atom stereocenters. The Balaban J connectivity index is 1.59. The van der Waals surface area contributed by atoms with Crippen LogP contribution >= 0.6 is 27.5 Å². The van der Waals surface area contributed by atoms with Crippen LogP contribution in [0.5, 0.6) is 0 Å². The fourth-order valence-corrected chi connectivity index (χ4v) is 2.96. The first-order valence-electron chi connectivity index (χ1n) is 7.02. The third-order valence-corrected chi connectivity index (χ3v) is 4.71. The molecule has 19 heavy (non-hydrogen) atoms. The van der Waals surface area contributed by atoms with Gasteiger partial charge in [0.2, 0.25) is 0 Å². The number of ether oxygens (including phenoxy) is 1. The minimum atomic E-state index is 0.500. The SMILES string of the molecule is Clc1ccc(CNCCOC2CCCCC2)cc1Br. The summed E-state index contributed by atoms with van der Waals surface area (Å²) < 4.78 is 6.82. The maximum absolute atomic E-state index is 5.96. The maximum Gasteiger partial charge on any atom is 0.0594 e. The van der Waals surface area contributed by atoms with Crippen LogP contribution in [-0.4, -0.2) is 19.3 Å². The van der Waals surface area contributed by atoms with Crippen LogP contribution in [0.15, 0.2) is 22.7 Å². The summed E-state index contributed by atoms with van der Waals surface area (Å²) in [5.74, 6) is 0. The van der Waals surface area contributed by atoms with Gasteiger partial charge in [-0.1, -0.05) is 36.9 Å². The minimum Gasteiger partial charge on any atom is -0.377 e. The molecule has 0 saturated heterocycles. The Morgan fingerprint density at radius 1 is 1.26 bits per heavy atom. The number of hydrogen-bond donors (Lipinski definition) is 1. The van der Waals surface area contributed by atoms with E-state index in [0.717, 1.165) is 29.2 Å². The lowest BCUT2D eigenvalue weighted by atomic mass is 9.98. The van der Waals surface area contributed by atoms with Crippen molar-refractivity contribution >= 4 is 27.5 Å². The first kappa shape index (κ1) is 15.3. The molecule has 1 N–H and O–H groups in total. The number of nitrogens with one attached hydrogen (secondary N) is 1. The molecular formula is C15H21BrClNO. The largest absolute Gasteiger partial charge is 0.377 e. The van der Waals surface area contributed by atoms with E-state index in [4.69, 9.17) is 16.3 Å². The van der Waals surface area contributed by atoms with Crippen LogP contribution in [-0.2, 0) is 11.3 Å². The van der Waals surface area contributed by atoms with Crippen molar-refractivity contribution in [2.75, 3.05) is 13.2 Å². The first-order valence-corrected chi connectivity index (χ1v) is 8.19. The number of benzene rings is 1. The highest BCUT2D eigenvalue weighted by Gasteiger charge is 2.12. The summed E-state index contributed by atoms with van der Waals surface area (Å²) in [6.07, 6.45) is 7.02. The molecule has 0 heterocycles. The second-order valence-electron chi connectivity index (χ2n) is 5.06. The monoisotopic (exact) mass is 345 g/mol. The van der Waals surface area contributed by atoms with Gasteiger partial charge in [-0.25, -0.2) is 0 Å². The van der Waals surface area contributed by atoms with Crippen molar-refractivity contribution in [1.29, 1.82) is 0 Å². The minimum absolute atomic E-state index is 0.500. The first-order chi connectivity index (χ1) is 9.25. The second-order valence-corrected chi connectivity index (χ2v) is 6.32. The van der Waals surface area contributed by atoms with Gasteiger partial charge in [0.1, 0.15) is 0 Å². The third-order valence-electron chi connectivity index (χ3n) is 3.50. The van der Waals surface area contributed by atoms with Crippen molar-refractivity contribution in [1.82, 2.24) is 5.32 Å². The van der Waals surface area contributed by atoms with Crippen LogP contribution in [0.4, 0.5) is 0 Å².